The molecule has 1 fully saturated rings. The van der Waals surface area contributed by atoms with Gasteiger partial charge in [-0.3, -0.25) is 4.90 Å². The molecule has 6 heteroatoms. The van der Waals surface area contributed by atoms with Crippen LogP contribution < -0.4 is 10.5 Å². The van der Waals surface area contributed by atoms with Crippen LogP contribution in [-0.2, 0) is 16.4 Å². The first kappa shape index (κ1) is 14.1. The van der Waals surface area contributed by atoms with Gasteiger partial charge in [0.15, 0.2) is 9.84 Å². The molecule has 106 valence electrons. The number of methoxy groups -OCH3 is 1. The van der Waals surface area contributed by atoms with E-state index in [4.69, 9.17) is 10.5 Å². The molecule has 0 radical (unpaired) electrons. The largest absolute Gasteiger partial charge is 0.497 e. The second kappa shape index (κ2) is 5.79. The van der Waals surface area contributed by atoms with E-state index in [0.29, 0.717) is 31.0 Å². The van der Waals surface area contributed by atoms with Crippen LogP contribution >= 0.6 is 0 Å². The van der Waals surface area contributed by atoms with Crippen LogP contribution in [0.25, 0.3) is 0 Å². The minimum Gasteiger partial charge on any atom is -0.497 e. The molecule has 0 bridgehead atoms. The Labute approximate surface area is 114 Å². The van der Waals surface area contributed by atoms with E-state index in [2.05, 4.69) is 4.90 Å². The van der Waals surface area contributed by atoms with E-state index < -0.39 is 9.84 Å². The van der Waals surface area contributed by atoms with Crippen LogP contribution in [0.2, 0.25) is 0 Å². The molecule has 0 aromatic heterocycles. The second-order valence-electron chi connectivity index (χ2n) is 4.85. The van der Waals surface area contributed by atoms with Crippen molar-refractivity contribution in [2.24, 2.45) is 0 Å². The van der Waals surface area contributed by atoms with Gasteiger partial charge >= 0.3 is 0 Å². The first-order valence-corrected chi connectivity index (χ1v) is 8.17. The van der Waals surface area contributed by atoms with Crippen LogP contribution in [0.3, 0.4) is 0 Å². The molecule has 2 rings (SSSR count). The summed E-state index contributed by atoms with van der Waals surface area (Å²) in [5.41, 5.74) is 7.68. The van der Waals surface area contributed by atoms with Crippen LogP contribution in [0.1, 0.15) is 12.0 Å². The third-order valence-electron chi connectivity index (χ3n) is 3.40. The number of nitrogens with two attached hydrogens (primary N) is 1. The van der Waals surface area contributed by atoms with Crippen molar-refractivity contribution in [3.05, 3.63) is 23.8 Å². The zero-order valence-electron chi connectivity index (χ0n) is 11.1. The Balaban J connectivity index is 2.05. The lowest BCUT2D eigenvalue weighted by atomic mass is 10.1. The van der Waals surface area contributed by atoms with Crippen molar-refractivity contribution in [2.45, 2.75) is 13.0 Å². The lowest BCUT2D eigenvalue weighted by Gasteiger charge is -2.20. The van der Waals surface area contributed by atoms with Gasteiger partial charge in [-0.2, -0.15) is 0 Å². The highest BCUT2D eigenvalue weighted by Gasteiger charge is 2.19. The van der Waals surface area contributed by atoms with E-state index in [-0.39, 0.29) is 5.75 Å². The lowest BCUT2D eigenvalue weighted by Crippen LogP contribution is -2.27. The Hall–Kier alpha value is -1.27. The van der Waals surface area contributed by atoms with Gasteiger partial charge in [0.05, 0.1) is 18.6 Å². The lowest BCUT2D eigenvalue weighted by molar-refractivity contribution is 0.287. The van der Waals surface area contributed by atoms with Gasteiger partial charge in [0, 0.05) is 24.8 Å². The van der Waals surface area contributed by atoms with Crippen LogP contribution in [-0.4, -0.2) is 45.0 Å². The molecule has 0 unspecified atom stereocenters. The smallest absolute Gasteiger partial charge is 0.151 e. The number of hydrogen-bond donors (Lipinski definition) is 1. The second-order valence-corrected chi connectivity index (χ2v) is 7.15. The summed E-state index contributed by atoms with van der Waals surface area (Å²) in [7, 11) is -1.25. The van der Waals surface area contributed by atoms with Gasteiger partial charge in [0.1, 0.15) is 5.75 Å². The molecule has 5 nitrogen and oxygen atoms in total. The van der Waals surface area contributed by atoms with E-state index in [9.17, 15) is 8.42 Å². The summed E-state index contributed by atoms with van der Waals surface area (Å²) >= 11 is 0. The topological polar surface area (TPSA) is 72.6 Å². The molecular weight excluding hydrogens is 264 g/mol. The number of nitrogen functional groups attached to an aromatic ring is 1. The maximum atomic E-state index is 11.6. The molecule has 1 aliphatic rings. The fourth-order valence-electron chi connectivity index (χ4n) is 2.23. The standard InChI is InChI=1S/C13H20N2O3S/c1-18-12-4-3-11(13(14)9-12)10-15-5-2-7-19(16,17)8-6-15/h3-4,9H,2,5-8,10,14H2,1H3. The summed E-state index contributed by atoms with van der Waals surface area (Å²) in [6.07, 6.45) is 0.693. The van der Waals surface area contributed by atoms with Gasteiger partial charge in [-0.25, -0.2) is 8.42 Å². The number of ether oxygens (including phenoxy) is 1. The van der Waals surface area contributed by atoms with Gasteiger partial charge in [-0.1, -0.05) is 6.07 Å². The normalized spacial score (nSPS) is 19.8. The number of sulfone groups is 1. The van der Waals surface area contributed by atoms with Crippen LogP contribution in [0.15, 0.2) is 18.2 Å². The molecule has 1 heterocycles. The molecule has 1 aromatic carbocycles. The van der Waals surface area contributed by atoms with E-state index in [1.807, 2.05) is 12.1 Å². The SMILES string of the molecule is COc1ccc(CN2CCCS(=O)(=O)CC2)c(N)c1. The molecular formula is C13H20N2O3S. The first-order chi connectivity index (χ1) is 9.00. The molecule has 19 heavy (non-hydrogen) atoms. The monoisotopic (exact) mass is 284 g/mol. The fraction of sp³-hybridized carbons (Fsp3) is 0.538. The van der Waals surface area contributed by atoms with E-state index in [1.165, 1.54) is 0 Å². The Kier molecular flexibility index (Phi) is 4.31. The highest BCUT2D eigenvalue weighted by atomic mass is 32.2. The van der Waals surface area contributed by atoms with Crippen molar-refractivity contribution < 1.29 is 13.2 Å². The maximum Gasteiger partial charge on any atom is 0.151 e. The summed E-state index contributed by atoms with van der Waals surface area (Å²) in [4.78, 5) is 2.14. The van der Waals surface area contributed by atoms with Crippen molar-refractivity contribution in [3.8, 4) is 5.75 Å². The number of hydrogen-bond acceptors (Lipinski definition) is 5. The van der Waals surface area contributed by atoms with Gasteiger partial charge in [0.25, 0.3) is 0 Å². The summed E-state index contributed by atoms with van der Waals surface area (Å²) in [5.74, 6) is 1.27. The number of benzene rings is 1. The van der Waals surface area contributed by atoms with Gasteiger partial charge in [-0.15, -0.1) is 0 Å². The summed E-state index contributed by atoms with van der Waals surface area (Å²) in [5, 5.41) is 0. The molecule has 1 aromatic rings. The molecule has 0 amide bonds. The highest BCUT2D eigenvalue weighted by molar-refractivity contribution is 7.91. The molecule has 1 saturated heterocycles. The quantitative estimate of drug-likeness (QED) is 0.835. The van der Waals surface area contributed by atoms with Crippen LogP contribution in [0, 0.1) is 0 Å². The molecule has 2 N–H and O–H groups in total. The van der Waals surface area contributed by atoms with Crippen molar-refractivity contribution in [1.29, 1.82) is 0 Å². The van der Waals surface area contributed by atoms with Crippen molar-refractivity contribution >= 4 is 15.5 Å². The van der Waals surface area contributed by atoms with Gasteiger partial charge in [0.2, 0.25) is 0 Å². The zero-order chi connectivity index (χ0) is 13.9. The van der Waals surface area contributed by atoms with E-state index in [0.717, 1.165) is 17.9 Å². The molecule has 0 aliphatic carbocycles. The van der Waals surface area contributed by atoms with E-state index in [1.54, 1.807) is 13.2 Å². The fourth-order valence-corrected chi connectivity index (χ4v) is 3.54. The Morgan fingerprint density at radius 1 is 1.32 bits per heavy atom. The predicted molar refractivity (Wildman–Crippen MR) is 76.0 cm³/mol. The third-order valence-corrected chi connectivity index (χ3v) is 5.11. The van der Waals surface area contributed by atoms with E-state index >= 15 is 0 Å². The third kappa shape index (κ3) is 3.84. The minimum atomic E-state index is -2.86. The summed E-state index contributed by atoms with van der Waals surface area (Å²) < 4.78 is 28.2. The van der Waals surface area contributed by atoms with Gasteiger partial charge < -0.3 is 10.5 Å². The van der Waals surface area contributed by atoms with Gasteiger partial charge in [-0.05, 0) is 24.6 Å². The average molecular weight is 284 g/mol. The first-order valence-electron chi connectivity index (χ1n) is 6.35. The Bertz CT molecular complexity index is 543. The Morgan fingerprint density at radius 2 is 2.11 bits per heavy atom. The molecule has 0 atom stereocenters. The Morgan fingerprint density at radius 3 is 2.79 bits per heavy atom. The average Bonchev–Trinajstić information content (AvgIpc) is 2.53. The van der Waals surface area contributed by atoms with Crippen molar-refractivity contribution in [1.82, 2.24) is 4.90 Å². The van der Waals surface area contributed by atoms with Crippen molar-refractivity contribution in [3.63, 3.8) is 0 Å². The molecule has 0 saturated carbocycles. The minimum absolute atomic E-state index is 0.239. The summed E-state index contributed by atoms with van der Waals surface area (Å²) in [6.45, 7) is 2.06. The molecule has 0 spiro atoms. The maximum absolute atomic E-state index is 11.6. The zero-order valence-corrected chi connectivity index (χ0v) is 11.9. The number of nitrogens with zero attached hydrogens (tertiary/aromatic N) is 1. The van der Waals surface area contributed by atoms with Crippen molar-refractivity contribution in [2.75, 3.05) is 37.4 Å². The predicted octanol–water partition coefficient (Wildman–Crippen LogP) is 0.898. The van der Waals surface area contributed by atoms with Crippen LogP contribution in [0.5, 0.6) is 5.75 Å². The van der Waals surface area contributed by atoms with Crippen LogP contribution in [0.4, 0.5) is 5.69 Å². The highest BCUT2D eigenvalue weighted by Crippen LogP contribution is 2.21. The number of rotatable bonds is 3. The molecule has 1 aliphatic heterocycles. The number of anilines is 1. The summed E-state index contributed by atoms with van der Waals surface area (Å²) in [6, 6.07) is 5.61.